The van der Waals surface area contributed by atoms with Crippen molar-refractivity contribution in [1.29, 1.82) is 0 Å². The van der Waals surface area contributed by atoms with Crippen LogP contribution in [0.2, 0.25) is 0 Å². The highest BCUT2D eigenvalue weighted by molar-refractivity contribution is 5.44. The summed E-state index contributed by atoms with van der Waals surface area (Å²) in [5.41, 5.74) is 7.19. The first-order valence-electron chi connectivity index (χ1n) is 5.60. The van der Waals surface area contributed by atoms with Gasteiger partial charge in [-0.1, -0.05) is 0 Å². The molecule has 0 saturated carbocycles. The number of hydrogen-bond donors (Lipinski definition) is 1. The van der Waals surface area contributed by atoms with Crippen LogP contribution in [0, 0.1) is 13.8 Å². The van der Waals surface area contributed by atoms with Crippen LogP contribution in [0.15, 0.2) is 18.3 Å². The maximum atomic E-state index is 12.5. The van der Waals surface area contributed by atoms with E-state index in [1.54, 1.807) is 13.0 Å². The summed E-state index contributed by atoms with van der Waals surface area (Å²) in [5, 5.41) is 3.55. The maximum Gasteiger partial charge on any atom is 0.435 e. The van der Waals surface area contributed by atoms with Gasteiger partial charge in [-0.3, -0.25) is 9.67 Å². The van der Waals surface area contributed by atoms with Gasteiger partial charge in [0.2, 0.25) is 0 Å². The number of aromatic nitrogens is 3. The van der Waals surface area contributed by atoms with Crippen molar-refractivity contribution in [3.8, 4) is 0 Å². The van der Waals surface area contributed by atoms with Gasteiger partial charge in [0.15, 0.2) is 5.69 Å². The Morgan fingerprint density at radius 2 is 1.95 bits per heavy atom. The van der Waals surface area contributed by atoms with E-state index in [9.17, 15) is 13.2 Å². The molecule has 2 heterocycles. The summed E-state index contributed by atoms with van der Waals surface area (Å²) < 4.78 is 38.9. The highest BCUT2D eigenvalue weighted by Crippen LogP contribution is 2.28. The Labute approximate surface area is 108 Å². The molecule has 0 radical (unpaired) electrons. The number of anilines is 1. The Hall–Kier alpha value is -2.05. The number of halogens is 3. The Kier molecular flexibility index (Phi) is 3.21. The lowest BCUT2D eigenvalue weighted by Gasteiger charge is -2.06. The van der Waals surface area contributed by atoms with Crippen LogP contribution >= 0.6 is 0 Å². The molecule has 0 amide bonds. The quantitative estimate of drug-likeness (QED) is 0.912. The molecule has 0 fully saturated rings. The van der Waals surface area contributed by atoms with Gasteiger partial charge in [0.1, 0.15) is 0 Å². The Morgan fingerprint density at radius 3 is 2.47 bits per heavy atom. The van der Waals surface area contributed by atoms with Crippen molar-refractivity contribution in [2.45, 2.75) is 26.6 Å². The summed E-state index contributed by atoms with van der Waals surface area (Å²) in [6.45, 7) is 3.58. The SMILES string of the molecule is Cc1cc(Cn2nc(C(F)(F)F)cc2C)ncc1N. The van der Waals surface area contributed by atoms with Gasteiger partial charge in [-0.05, 0) is 31.5 Å². The first-order valence-corrected chi connectivity index (χ1v) is 5.60. The van der Waals surface area contributed by atoms with E-state index >= 15 is 0 Å². The minimum atomic E-state index is -4.43. The first-order chi connectivity index (χ1) is 8.77. The van der Waals surface area contributed by atoms with E-state index in [1.165, 1.54) is 10.9 Å². The van der Waals surface area contributed by atoms with Crippen LogP contribution in [0.1, 0.15) is 22.6 Å². The van der Waals surface area contributed by atoms with Gasteiger partial charge in [-0.15, -0.1) is 0 Å². The van der Waals surface area contributed by atoms with E-state index < -0.39 is 11.9 Å². The zero-order valence-electron chi connectivity index (χ0n) is 10.5. The third-order valence-corrected chi connectivity index (χ3v) is 2.79. The molecule has 0 aromatic carbocycles. The number of nitrogen functional groups attached to an aromatic ring is 1. The molecule has 0 aliphatic rings. The average molecular weight is 270 g/mol. The number of nitrogens with two attached hydrogens (primary N) is 1. The van der Waals surface area contributed by atoms with Crippen LogP contribution in [0.4, 0.5) is 18.9 Å². The zero-order valence-corrected chi connectivity index (χ0v) is 10.5. The standard InChI is InChI=1S/C12H13F3N4/c1-7-3-9(17-5-10(7)16)6-19-8(2)4-11(18-19)12(13,14)15/h3-5H,6,16H2,1-2H3. The Balaban J connectivity index is 2.28. The van der Waals surface area contributed by atoms with Crippen LogP contribution in [0.25, 0.3) is 0 Å². The lowest BCUT2D eigenvalue weighted by Crippen LogP contribution is -2.10. The second-order valence-corrected chi connectivity index (χ2v) is 4.36. The predicted octanol–water partition coefficient (Wildman–Crippen LogP) is 2.54. The average Bonchev–Trinajstić information content (AvgIpc) is 2.65. The summed E-state index contributed by atoms with van der Waals surface area (Å²) >= 11 is 0. The molecule has 0 unspecified atom stereocenters. The number of alkyl halides is 3. The lowest BCUT2D eigenvalue weighted by molar-refractivity contribution is -0.141. The van der Waals surface area contributed by atoms with Crippen LogP contribution in [0.5, 0.6) is 0 Å². The number of aryl methyl sites for hydroxylation is 2. The highest BCUT2D eigenvalue weighted by atomic mass is 19.4. The van der Waals surface area contributed by atoms with Crippen molar-refractivity contribution in [3.05, 3.63) is 41.0 Å². The van der Waals surface area contributed by atoms with E-state index in [1.807, 2.05) is 6.92 Å². The van der Waals surface area contributed by atoms with Gasteiger partial charge >= 0.3 is 6.18 Å². The van der Waals surface area contributed by atoms with Crippen LogP contribution in [-0.2, 0) is 12.7 Å². The summed E-state index contributed by atoms with van der Waals surface area (Å²) in [5.74, 6) is 0. The molecule has 2 rings (SSSR count). The van der Waals surface area contributed by atoms with E-state index in [4.69, 9.17) is 5.73 Å². The van der Waals surface area contributed by atoms with Crippen molar-refractivity contribution in [2.24, 2.45) is 0 Å². The molecule has 0 aliphatic heterocycles. The Bertz CT molecular complexity index is 602. The molecule has 0 aliphatic carbocycles. The summed E-state index contributed by atoms with van der Waals surface area (Å²) in [7, 11) is 0. The molecule has 4 nitrogen and oxygen atoms in total. The van der Waals surface area contributed by atoms with Crippen LogP contribution in [-0.4, -0.2) is 14.8 Å². The molecule has 7 heteroatoms. The van der Waals surface area contributed by atoms with Crippen molar-refractivity contribution < 1.29 is 13.2 Å². The third kappa shape index (κ3) is 2.86. The number of hydrogen-bond acceptors (Lipinski definition) is 3. The molecule has 19 heavy (non-hydrogen) atoms. The fourth-order valence-corrected chi connectivity index (χ4v) is 1.67. The molecular formula is C12H13F3N4. The first kappa shape index (κ1) is 13.4. The van der Waals surface area contributed by atoms with Crippen LogP contribution in [0.3, 0.4) is 0 Å². The normalized spacial score (nSPS) is 11.8. The fraction of sp³-hybridized carbons (Fsp3) is 0.333. The summed E-state index contributed by atoms with van der Waals surface area (Å²) in [6, 6.07) is 2.76. The van der Waals surface area contributed by atoms with Crippen molar-refractivity contribution in [1.82, 2.24) is 14.8 Å². The number of nitrogens with zero attached hydrogens (tertiary/aromatic N) is 3. The second kappa shape index (κ2) is 4.56. The van der Waals surface area contributed by atoms with E-state index in [0.29, 0.717) is 17.1 Å². The van der Waals surface area contributed by atoms with Gasteiger partial charge in [0, 0.05) is 5.69 Å². The van der Waals surface area contributed by atoms with Crippen molar-refractivity contribution >= 4 is 5.69 Å². The molecule has 0 saturated heterocycles. The number of pyridine rings is 1. The molecule has 0 spiro atoms. The maximum absolute atomic E-state index is 12.5. The fourth-order valence-electron chi connectivity index (χ4n) is 1.67. The van der Waals surface area contributed by atoms with Crippen LogP contribution < -0.4 is 5.73 Å². The van der Waals surface area contributed by atoms with Gasteiger partial charge in [-0.25, -0.2) is 0 Å². The largest absolute Gasteiger partial charge is 0.435 e. The van der Waals surface area contributed by atoms with Gasteiger partial charge < -0.3 is 5.73 Å². The van der Waals surface area contributed by atoms with Gasteiger partial charge in [0.25, 0.3) is 0 Å². The highest BCUT2D eigenvalue weighted by Gasteiger charge is 2.34. The molecule has 102 valence electrons. The smallest absolute Gasteiger partial charge is 0.397 e. The summed E-state index contributed by atoms with van der Waals surface area (Å²) in [6.07, 6.45) is -2.94. The molecule has 0 bridgehead atoms. The third-order valence-electron chi connectivity index (χ3n) is 2.79. The second-order valence-electron chi connectivity index (χ2n) is 4.36. The summed E-state index contributed by atoms with van der Waals surface area (Å²) in [4.78, 5) is 4.08. The van der Waals surface area contributed by atoms with E-state index in [0.717, 1.165) is 11.6 Å². The molecule has 2 aromatic heterocycles. The molecule has 2 aromatic rings. The topological polar surface area (TPSA) is 56.7 Å². The molecular weight excluding hydrogens is 257 g/mol. The van der Waals surface area contributed by atoms with Gasteiger partial charge in [0.05, 0.1) is 24.1 Å². The van der Waals surface area contributed by atoms with E-state index in [-0.39, 0.29) is 6.54 Å². The number of rotatable bonds is 2. The van der Waals surface area contributed by atoms with Gasteiger partial charge in [-0.2, -0.15) is 18.3 Å². The zero-order chi connectivity index (χ0) is 14.2. The minimum Gasteiger partial charge on any atom is -0.397 e. The minimum absolute atomic E-state index is 0.184. The Morgan fingerprint density at radius 1 is 1.26 bits per heavy atom. The molecule has 2 N–H and O–H groups in total. The van der Waals surface area contributed by atoms with Crippen molar-refractivity contribution in [3.63, 3.8) is 0 Å². The molecule has 0 atom stereocenters. The predicted molar refractivity (Wildman–Crippen MR) is 64.5 cm³/mol. The van der Waals surface area contributed by atoms with Crippen molar-refractivity contribution in [2.75, 3.05) is 5.73 Å². The van der Waals surface area contributed by atoms with E-state index in [2.05, 4.69) is 10.1 Å². The monoisotopic (exact) mass is 270 g/mol. The lowest BCUT2D eigenvalue weighted by atomic mass is 10.2.